The summed E-state index contributed by atoms with van der Waals surface area (Å²) in [6, 6.07) is 18.8. The number of aryl methyl sites for hydroxylation is 2. The van der Waals surface area contributed by atoms with E-state index in [4.69, 9.17) is 0 Å². The highest BCUT2D eigenvalue weighted by Crippen LogP contribution is 2.32. The van der Waals surface area contributed by atoms with Gasteiger partial charge in [0.25, 0.3) is 0 Å². The lowest BCUT2D eigenvalue weighted by Gasteiger charge is -2.42. The predicted octanol–water partition coefficient (Wildman–Crippen LogP) is 3.06. The quantitative estimate of drug-likeness (QED) is 0.190. The molecule has 0 radical (unpaired) electrons. The first-order valence-electron chi connectivity index (χ1n) is 17.7. The highest BCUT2D eigenvalue weighted by Gasteiger charge is 2.37. The molecule has 50 heavy (non-hydrogen) atoms. The molecule has 6 rings (SSSR count). The fraction of sp³-hybridized carbons (Fsp3) is 0.487. The molecule has 266 valence electrons. The molecule has 4 aromatic rings. The van der Waals surface area contributed by atoms with Crippen molar-refractivity contribution in [2.45, 2.75) is 83.3 Å². The minimum absolute atomic E-state index is 0.0847. The molecule has 1 fully saturated rings. The normalized spacial score (nSPS) is 21.1. The topological polar surface area (TPSA) is 136 Å². The number of carbonyl (C=O) groups excluding carboxylic acids is 2. The second-order valence-electron chi connectivity index (χ2n) is 15.1. The second-order valence-corrected chi connectivity index (χ2v) is 15.1. The van der Waals surface area contributed by atoms with Gasteiger partial charge in [-0.1, -0.05) is 54.6 Å². The number of aromatic nitrogens is 3. The van der Waals surface area contributed by atoms with E-state index in [0.717, 1.165) is 39.0 Å². The van der Waals surface area contributed by atoms with E-state index in [1.807, 2.05) is 95.5 Å². The van der Waals surface area contributed by atoms with Crippen molar-refractivity contribution in [3.63, 3.8) is 0 Å². The smallest absolute Gasteiger partial charge is 0.239 e. The molecule has 2 amide bonds. The zero-order chi connectivity index (χ0) is 35.6. The molecule has 11 nitrogen and oxygen atoms in total. The largest absolute Gasteiger partial charge is 0.392 e. The highest BCUT2D eigenvalue weighted by atomic mass is 16.3. The Bertz CT molecular complexity index is 1800. The van der Waals surface area contributed by atoms with Crippen molar-refractivity contribution in [1.82, 2.24) is 35.2 Å². The molecule has 2 aliphatic rings. The monoisotopic (exact) mass is 681 g/mol. The van der Waals surface area contributed by atoms with Crippen LogP contribution in [-0.2, 0) is 36.0 Å². The van der Waals surface area contributed by atoms with Crippen molar-refractivity contribution in [1.29, 1.82) is 0 Å². The summed E-state index contributed by atoms with van der Waals surface area (Å²) in [5, 5.41) is 34.2. The Morgan fingerprint density at radius 3 is 2.54 bits per heavy atom. The van der Waals surface area contributed by atoms with Gasteiger partial charge in [-0.25, -0.2) is 4.98 Å². The number of benzene rings is 2. The number of amides is 2. The number of rotatable bonds is 11. The van der Waals surface area contributed by atoms with Crippen molar-refractivity contribution in [3.8, 4) is 0 Å². The van der Waals surface area contributed by atoms with Crippen LogP contribution in [0, 0.1) is 12.8 Å². The molecule has 1 saturated heterocycles. The summed E-state index contributed by atoms with van der Waals surface area (Å²) < 4.78 is 1.79. The maximum Gasteiger partial charge on any atom is 0.239 e. The van der Waals surface area contributed by atoms with Gasteiger partial charge in [-0.15, -0.1) is 0 Å². The number of nitrogens with one attached hydrogen (secondary N) is 2. The summed E-state index contributed by atoms with van der Waals surface area (Å²) in [5.74, 6) is -0.817. The van der Waals surface area contributed by atoms with E-state index < -0.39 is 35.7 Å². The number of hydrogen-bond donors (Lipinski definition) is 4. The van der Waals surface area contributed by atoms with E-state index in [1.54, 1.807) is 4.68 Å². The van der Waals surface area contributed by atoms with Gasteiger partial charge >= 0.3 is 0 Å². The molecule has 2 aromatic carbocycles. The molecule has 3 heterocycles. The summed E-state index contributed by atoms with van der Waals surface area (Å²) in [4.78, 5) is 36.6. The van der Waals surface area contributed by atoms with Crippen molar-refractivity contribution in [2.75, 3.05) is 26.2 Å². The Balaban J connectivity index is 1.16. The number of β-amino-alcohol motifs (C(OH)–C–C–N with tert-alkyl or cyclic N) is 1. The Labute approximate surface area is 294 Å². The molecule has 2 aromatic heterocycles. The molecule has 0 saturated carbocycles. The number of nitrogens with zero attached hydrogens (tertiary/aromatic N) is 5. The first kappa shape index (κ1) is 35.7. The fourth-order valence-corrected chi connectivity index (χ4v) is 7.51. The van der Waals surface area contributed by atoms with E-state index in [2.05, 4.69) is 36.6 Å². The molecule has 11 heteroatoms. The van der Waals surface area contributed by atoms with Crippen LogP contribution in [0.15, 0.2) is 66.9 Å². The lowest BCUT2D eigenvalue weighted by atomic mass is 9.91. The van der Waals surface area contributed by atoms with Crippen molar-refractivity contribution < 1.29 is 19.8 Å². The first-order chi connectivity index (χ1) is 23.8. The molecule has 0 spiro atoms. The van der Waals surface area contributed by atoms with Gasteiger partial charge < -0.3 is 20.8 Å². The van der Waals surface area contributed by atoms with Crippen molar-refractivity contribution >= 4 is 22.8 Å². The van der Waals surface area contributed by atoms with Gasteiger partial charge in [0.15, 0.2) is 5.65 Å². The Morgan fingerprint density at radius 1 is 1.04 bits per heavy atom. The zero-order valence-electron chi connectivity index (χ0n) is 29.8. The third-order valence-corrected chi connectivity index (χ3v) is 9.90. The minimum Gasteiger partial charge on any atom is -0.392 e. The van der Waals surface area contributed by atoms with Crippen LogP contribution in [0.3, 0.4) is 0 Å². The van der Waals surface area contributed by atoms with Crippen LogP contribution in [0.2, 0.25) is 0 Å². The Hall–Kier alpha value is -4.16. The number of carbonyl (C=O) groups is 2. The molecule has 1 aliphatic carbocycles. The number of piperazine rings is 1. The summed E-state index contributed by atoms with van der Waals surface area (Å²) >= 11 is 0. The van der Waals surface area contributed by atoms with Gasteiger partial charge in [0, 0.05) is 69.2 Å². The minimum atomic E-state index is -0.855. The number of aliphatic hydroxyl groups excluding tert-OH is 2. The zero-order valence-corrected chi connectivity index (χ0v) is 29.8. The number of pyridine rings is 1. The molecular formula is C39H51N7O4. The van der Waals surface area contributed by atoms with Gasteiger partial charge in [-0.05, 0) is 68.9 Å². The average Bonchev–Trinajstić information content (AvgIpc) is 3.54. The molecule has 5 atom stereocenters. The lowest BCUT2D eigenvalue weighted by Crippen LogP contribution is -2.61. The highest BCUT2D eigenvalue weighted by molar-refractivity contribution is 5.83. The van der Waals surface area contributed by atoms with Gasteiger partial charge in [-0.2, -0.15) is 5.10 Å². The molecule has 0 unspecified atom stereocenters. The summed E-state index contributed by atoms with van der Waals surface area (Å²) in [5.41, 5.74) is 5.38. The van der Waals surface area contributed by atoms with E-state index in [-0.39, 0.29) is 24.8 Å². The Kier molecular flexibility index (Phi) is 10.7. The van der Waals surface area contributed by atoms with Gasteiger partial charge in [0.05, 0.1) is 23.9 Å². The van der Waals surface area contributed by atoms with Crippen LogP contribution >= 0.6 is 0 Å². The third kappa shape index (κ3) is 8.40. The fourth-order valence-electron chi connectivity index (χ4n) is 7.51. The maximum absolute atomic E-state index is 13.9. The SMILES string of the molecule is Cc1nn(C)c2ncc(CN3CCN(C[C@@H](O)C[C@H](Cc4ccccc4)C(=O)N[C@H]4c5ccccc5C[C@H]4O)[C@H](C(=O)NC(C)(C)C)C3)cc12. The van der Waals surface area contributed by atoms with E-state index in [0.29, 0.717) is 39.0 Å². The van der Waals surface area contributed by atoms with Crippen LogP contribution in [0.5, 0.6) is 0 Å². The number of fused-ring (bicyclic) bond motifs is 2. The first-order valence-corrected chi connectivity index (χ1v) is 17.7. The maximum atomic E-state index is 13.9. The van der Waals surface area contributed by atoms with E-state index in [1.165, 1.54) is 0 Å². The molecular weight excluding hydrogens is 630 g/mol. The molecule has 4 N–H and O–H groups in total. The summed E-state index contributed by atoms with van der Waals surface area (Å²) in [6.45, 7) is 10.6. The third-order valence-electron chi connectivity index (χ3n) is 9.90. The Morgan fingerprint density at radius 2 is 1.78 bits per heavy atom. The number of hydrogen-bond acceptors (Lipinski definition) is 8. The van der Waals surface area contributed by atoms with Crippen molar-refractivity contribution in [2.24, 2.45) is 13.0 Å². The summed E-state index contributed by atoms with van der Waals surface area (Å²) in [6.07, 6.45) is 1.48. The van der Waals surface area contributed by atoms with Gasteiger partial charge in [-0.3, -0.25) is 24.1 Å². The van der Waals surface area contributed by atoms with Crippen LogP contribution in [0.1, 0.15) is 61.2 Å². The average molecular weight is 682 g/mol. The van der Waals surface area contributed by atoms with Crippen LogP contribution in [-0.4, -0.2) is 96.6 Å². The molecule has 0 bridgehead atoms. The van der Waals surface area contributed by atoms with Crippen LogP contribution < -0.4 is 10.6 Å². The van der Waals surface area contributed by atoms with Crippen molar-refractivity contribution in [3.05, 3.63) is 94.8 Å². The van der Waals surface area contributed by atoms with Crippen LogP contribution in [0.4, 0.5) is 0 Å². The molecule has 1 aliphatic heterocycles. The second kappa shape index (κ2) is 15.0. The van der Waals surface area contributed by atoms with E-state index >= 15 is 0 Å². The predicted molar refractivity (Wildman–Crippen MR) is 193 cm³/mol. The number of aliphatic hydroxyl groups is 2. The van der Waals surface area contributed by atoms with Gasteiger partial charge in [0.2, 0.25) is 11.8 Å². The standard InChI is InChI=1S/C39H51N7O4/c1-25-32-18-27(21-40-36(32)44(5)43-25)22-45-15-16-46(33(24-45)38(50)42-39(2,3)4)23-30(47)19-29(17-26-11-7-6-8-12-26)37(49)41-35-31-14-10-9-13-28(31)20-34(35)48/h6-14,18,21,29-30,33-35,47-48H,15-17,19-20,22-24H2,1-5H3,(H,41,49)(H,42,50)/t29-,30-,33-,34+,35-/m0/s1. The van der Waals surface area contributed by atoms with Gasteiger partial charge in [0.1, 0.15) is 6.04 Å². The van der Waals surface area contributed by atoms with Crippen LogP contribution in [0.25, 0.3) is 11.0 Å². The van der Waals surface area contributed by atoms with E-state index in [9.17, 15) is 19.8 Å². The lowest BCUT2D eigenvalue weighted by molar-refractivity contribution is -0.132. The summed E-state index contributed by atoms with van der Waals surface area (Å²) in [7, 11) is 1.89.